The van der Waals surface area contributed by atoms with Crippen LogP contribution < -0.4 is 0 Å². The maximum absolute atomic E-state index is 12.4. The number of piperidine rings is 1. The lowest BCUT2D eigenvalue weighted by Gasteiger charge is -2.34. The Bertz CT molecular complexity index is 476. The number of hydrogen-bond donors (Lipinski definition) is 0. The van der Waals surface area contributed by atoms with Crippen molar-refractivity contribution in [3.05, 3.63) is 30.1 Å². The zero-order valence-electron chi connectivity index (χ0n) is 12.5. The molecule has 1 amide bonds. The first kappa shape index (κ1) is 15.5. The molecule has 0 aromatic carbocycles. The summed E-state index contributed by atoms with van der Waals surface area (Å²) in [5.41, 5.74) is 1.04. The van der Waals surface area contributed by atoms with Gasteiger partial charge < -0.3 is 9.64 Å². The van der Waals surface area contributed by atoms with Gasteiger partial charge in [-0.25, -0.2) is 4.79 Å². The highest BCUT2D eigenvalue weighted by atomic mass is 16.5. The van der Waals surface area contributed by atoms with Gasteiger partial charge in [0.2, 0.25) is 5.91 Å². The molecule has 1 aromatic heterocycles. The molecule has 0 bridgehead atoms. The van der Waals surface area contributed by atoms with Crippen molar-refractivity contribution in [3.63, 3.8) is 0 Å². The predicted octanol–water partition coefficient (Wildman–Crippen LogP) is 1.96. The SMILES string of the molecule is CCOC(=O)C1CCCCN1C(=O)CCc1cccnc1. The second-order valence-corrected chi connectivity index (χ2v) is 5.21. The van der Waals surface area contributed by atoms with Crippen LogP contribution in [0.2, 0.25) is 0 Å². The van der Waals surface area contributed by atoms with Gasteiger partial charge in [-0.3, -0.25) is 9.78 Å². The van der Waals surface area contributed by atoms with Crippen molar-refractivity contribution in [2.45, 2.75) is 45.1 Å². The van der Waals surface area contributed by atoms with Crippen LogP contribution in [0.3, 0.4) is 0 Å². The summed E-state index contributed by atoms with van der Waals surface area (Å²) in [7, 11) is 0. The number of ether oxygens (including phenoxy) is 1. The lowest BCUT2D eigenvalue weighted by atomic mass is 10.0. The minimum Gasteiger partial charge on any atom is -0.464 e. The molecule has 2 rings (SSSR count). The zero-order valence-corrected chi connectivity index (χ0v) is 12.5. The fourth-order valence-electron chi connectivity index (χ4n) is 2.65. The summed E-state index contributed by atoms with van der Waals surface area (Å²) in [4.78, 5) is 30.1. The molecule has 1 aromatic rings. The van der Waals surface area contributed by atoms with E-state index in [0.29, 0.717) is 32.4 Å². The molecule has 1 unspecified atom stereocenters. The molecular formula is C16H22N2O3. The summed E-state index contributed by atoms with van der Waals surface area (Å²) in [6, 6.07) is 3.42. The number of carbonyl (C=O) groups excluding carboxylic acids is 2. The van der Waals surface area contributed by atoms with E-state index in [0.717, 1.165) is 18.4 Å². The van der Waals surface area contributed by atoms with Crippen LogP contribution in [-0.2, 0) is 20.7 Å². The highest BCUT2D eigenvalue weighted by molar-refractivity contribution is 5.84. The molecule has 1 atom stereocenters. The summed E-state index contributed by atoms with van der Waals surface area (Å²) in [6.45, 7) is 2.79. The van der Waals surface area contributed by atoms with Crippen molar-refractivity contribution in [2.24, 2.45) is 0 Å². The number of nitrogens with zero attached hydrogens (tertiary/aromatic N) is 2. The van der Waals surface area contributed by atoms with Crippen LogP contribution in [0.4, 0.5) is 0 Å². The fourth-order valence-corrected chi connectivity index (χ4v) is 2.65. The minimum atomic E-state index is -0.403. The third-order valence-corrected chi connectivity index (χ3v) is 3.73. The normalized spacial score (nSPS) is 18.3. The van der Waals surface area contributed by atoms with Crippen LogP contribution in [0.15, 0.2) is 24.5 Å². The smallest absolute Gasteiger partial charge is 0.328 e. The Morgan fingerprint density at radius 1 is 1.43 bits per heavy atom. The van der Waals surface area contributed by atoms with E-state index in [1.54, 1.807) is 24.2 Å². The third-order valence-electron chi connectivity index (χ3n) is 3.73. The van der Waals surface area contributed by atoms with E-state index in [4.69, 9.17) is 4.74 Å². The number of aromatic nitrogens is 1. The van der Waals surface area contributed by atoms with Gasteiger partial charge in [-0.2, -0.15) is 0 Å². The van der Waals surface area contributed by atoms with Crippen LogP contribution in [0.1, 0.15) is 38.2 Å². The van der Waals surface area contributed by atoms with Crippen molar-refractivity contribution in [1.29, 1.82) is 0 Å². The molecular weight excluding hydrogens is 268 g/mol. The van der Waals surface area contributed by atoms with Crippen molar-refractivity contribution in [2.75, 3.05) is 13.2 Å². The molecule has 0 aliphatic carbocycles. The summed E-state index contributed by atoms with van der Waals surface area (Å²) in [5.74, 6) is -0.247. The number of hydrogen-bond acceptors (Lipinski definition) is 4. The van der Waals surface area contributed by atoms with Gasteiger partial charge in [0, 0.05) is 25.4 Å². The first-order chi connectivity index (χ1) is 10.2. The Hall–Kier alpha value is -1.91. The highest BCUT2D eigenvalue weighted by Crippen LogP contribution is 2.19. The molecule has 21 heavy (non-hydrogen) atoms. The van der Waals surface area contributed by atoms with Crippen molar-refractivity contribution in [1.82, 2.24) is 9.88 Å². The molecule has 0 N–H and O–H groups in total. The number of carbonyl (C=O) groups is 2. The molecule has 1 saturated heterocycles. The van der Waals surface area contributed by atoms with Crippen LogP contribution >= 0.6 is 0 Å². The van der Waals surface area contributed by atoms with Gasteiger partial charge in [-0.15, -0.1) is 0 Å². The van der Waals surface area contributed by atoms with E-state index in [9.17, 15) is 9.59 Å². The largest absolute Gasteiger partial charge is 0.464 e. The number of rotatable bonds is 5. The van der Waals surface area contributed by atoms with Crippen LogP contribution in [0, 0.1) is 0 Å². The van der Waals surface area contributed by atoms with Crippen molar-refractivity contribution >= 4 is 11.9 Å². The molecule has 1 aliphatic heterocycles. The van der Waals surface area contributed by atoms with Crippen LogP contribution in [0.5, 0.6) is 0 Å². The van der Waals surface area contributed by atoms with E-state index in [1.807, 2.05) is 12.1 Å². The Morgan fingerprint density at radius 2 is 2.29 bits per heavy atom. The van der Waals surface area contributed by atoms with Gasteiger partial charge >= 0.3 is 5.97 Å². The maximum Gasteiger partial charge on any atom is 0.328 e. The number of esters is 1. The Labute approximate surface area is 125 Å². The molecule has 0 radical (unpaired) electrons. The number of pyridine rings is 1. The van der Waals surface area contributed by atoms with Gasteiger partial charge in [-0.1, -0.05) is 6.07 Å². The summed E-state index contributed by atoms with van der Waals surface area (Å²) >= 11 is 0. The van der Waals surface area contributed by atoms with E-state index in [2.05, 4.69) is 4.98 Å². The first-order valence-electron chi connectivity index (χ1n) is 7.57. The average Bonchev–Trinajstić information content (AvgIpc) is 2.54. The zero-order chi connectivity index (χ0) is 15.1. The Kier molecular flexibility index (Phi) is 5.72. The lowest BCUT2D eigenvalue weighted by molar-refractivity contribution is -0.156. The molecule has 5 nitrogen and oxygen atoms in total. The maximum atomic E-state index is 12.4. The van der Waals surface area contributed by atoms with Gasteiger partial charge in [0.25, 0.3) is 0 Å². The second-order valence-electron chi connectivity index (χ2n) is 5.21. The summed E-state index contributed by atoms with van der Waals surface area (Å²) in [5, 5.41) is 0. The Morgan fingerprint density at radius 3 is 3.00 bits per heavy atom. The quantitative estimate of drug-likeness (QED) is 0.778. The van der Waals surface area contributed by atoms with E-state index in [-0.39, 0.29) is 11.9 Å². The van der Waals surface area contributed by atoms with Gasteiger partial charge in [0.1, 0.15) is 6.04 Å². The second kappa shape index (κ2) is 7.76. The molecule has 0 saturated carbocycles. The standard InChI is InChI=1S/C16H22N2O3/c1-2-21-16(20)14-7-3-4-11-18(14)15(19)9-8-13-6-5-10-17-12-13/h5-6,10,12,14H,2-4,7-9,11H2,1H3. The summed E-state index contributed by atoms with van der Waals surface area (Å²) in [6.07, 6.45) is 7.17. The van der Waals surface area contributed by atoms with Crippen LogP contribution in [0.25, 0.3) is 0 Å². The number of amides is 1. The molecule has 0 spiro atoms. The average molecular weight is 290 g/mol. The van der Waals surface area contributed by atoms with Crippen molar-refractivity contribution < 1.29 is 14.3 Å². The van der Waals surface area contributed by atoms with E-state index < -0.39 is 6.04 Å². The molecule has 1 fully saturated rings. The Balaban J connectivity index is 1.93. The third kappa shape index (κ3) is 4.28. The van der Waals surface area contributed by atoms with Crippen molar-refractivity contribution in [3.8, 4) is 0 Å². The fraction of sp³-hybridized carbons (Fsp3) is 0.562. The monoisotopic (exact) mass is 290 g/mol. The predicted molar refractivity (Wildman–Crippen MR) is 78.5 cm³/mol. The summed E-state index contributed by atoms with van der Waals surface area (Å²) < 4.78 is 5.08. The lowest BCUT2D eigenvalue weighted by Crippen LogP contribution is -2.48. The number of aryl methyl sites for hydroxylation is 1. The highest BCUT2D eigenvalue weighted by Gasteiger charge is 2.32. The van der Waals surface area contributed by atoms with E-state index in [1.165, 1.54) is 0 Å². The topological polar surface area (TPSA) is 59.5 Å². The molecule has 114 valence electrons. The van der Waals surface area contributed by atoms with E-state index >= 15 is 0 Å². The molecule has 5 heteroatoms. The van der Waals surface area contributed by atoms with Gasteiger partial charge in [0.05, 0.1) is 6.61 Å². The van der Waals surface area contributed by atoms with Gasteiger partial charge in [-0.05, 0) is 44.2 Å². The van der Waals surface area contributed by atoms with Crippen LogP contribution in [-0.4, -0.2) is 41.0 Å². The van der Waals surface area contributed by atoms with Gasteiger partial charge in [0.15, 0.2) is 0 Å². The molecule has 1 aliphatic rings. The molecule has 2 heterocycles. The minimum absolute atomic E-state index is 0.0246. The first-order valence-corrected chi connectivity index (χ1v) is 7.57. The number of likely N-dealkylation sites (tertiary alicyclic amines) is 1.